The second kappa shape index (κ2) is 4.91. The molecule has 1 aromatic carbocycles. The minimum absolute atomic E-state index is 0.0442. The summed E-state index contributed by atoms with van der Waals surface area (Å²) in [6, 6.07) is 4.65. The van der Waals surface area contributed by atoms with Crippen molar-refractivity contribution in [3.8, 4) is 0 Å². The van der Waals surface area contributed by atoms with Gasteiger partial charge in [-0.1, -0.05) is 0 Å². The van der Waals surface area contributed by atoms with Gasteiger partial charge in [-0.3, -0.25) is 0 Å². The molecule has 1 aliphatic rings. The van der Waals surface area contributed by atoms with Crippen LogP contribution in [0.15, 0.2) is 18.2 Å². The second-order valence-corrected chi connectivity index (χ2v) is 5.42. The van der Waals surface area contributed by atoms with E-state index in [1.165, 1.54) is 10.6 Å². The van der Waals surface area contributed by atoms with Gasteiger partial charge < -0.3 is 15.0 Å². The van der Waals surface area contributed by atoms with Crippen LogP contribution in [0, 0.1) is 5.92 Å². The SMILES string of the molecule is CC1OCCC1Cn1c(C(F)(F)F)nc2cc(N)ccc21. The summed E-state index contributed by atoms with van der Waals surface area (Å²) in [5.74, 6) is -0.816. The van der Waals surface area contributed by atoms with Gasteiger partial charge in [0.2, 0.25) is 5.82 Å². The van der Waals surface area contributed by atoms with E-state index in [1.807, 2.05) is 6.92 Å². The number of alkyl halides is 3. The fourth-order valence-electron chi connectivity index (χ4n) is 2.80. The molecule has 2 unspecified atom stereocenters. The third kappa shape index (κ3) is 2.57. The Labute approximate surface area is 119 Å². The van der Waals surface area contributed by atoms with E-state index >= 15 is 0 Å². The zero-order chi connectivity index (χ0) is 15.2. The molecule has 1 saturated heterocycles. The molecule has 0 bridgehead atoms. The molecule has 0 amide bonds. The third-order valence-electron chi connectivity index (χ3n) is 3.98. The lowest BCUT2D eigenvalue weighted by molar-refractivity contribution is -0.147. The number of halogens is 3. The Morgan fingerprint density at radius 1 is 1.43 bits per heavy atom. The highest BCUT2D eigenvalue weighted by atomic mass is 19.4. The van der Waals surface area contributed by atoms with E-state index in [0.717, 1.165) is 6.42 Å². The molecular weight excluding hydrogens is 283 g/mol. The molecule has 21 heavy (non-hydrogen) atoms. The highest BCUT2D eigenvalue weighted by molar-refractivity contribution is 5.79. The van der Waals surface area contributed by atoms with E-state index in [0.29, 0.717) is 17.8 Å². The summed E-state index contributed by atoms with van der Waals surface area (Å²) in [6.45, 7) is 2.73. The van der Waals surface area contributed by atoms with Crippen molar-refractivity contribution < 1.29 is 17.9 Å². The smallest absolute Gasteiger partial charge is 0.399 e. The van der Waals surface area contributed by atoms with Crippen molar-refractivity contribution in [2.45, 2.75) is 32.2 Å². The van der Waals surface area contributed by atoms with Gasteiger partial charge in [0.15, 0.2) is 0 Å². The molecule has 4 nitrogen and oxygen atoms in total. The first-order chi connectivity index (χ1) is 9.86. The first-order valence-electron chi connectivity index (χ1n) is 6.81. The second-order valence-electron chi connectivity index (χ2n) is 5.42. The summed E-state index contributed by atoms with van der Waals surface area (Å²) in [6.07, 6.45) is -3.78. The number of hydrogen-bond acceptors (Lipinski definition) is 3. The number of nitrogens with zero attached hydrogens (tertiary/aromatic N) is 2. The predicted octanol–water partition coefficient (Wildman–Crippen LogP) is 3.06. The quantitative estimate of drug-likeness (QED) is 0.867. The molecule has 0 spiro atoms. The molecule has 1 aliphatic heterocycles. The Morgan fingerprint density at radius 3 is 2.81 bits per heavy atom. The summed E-state index contributed by atoms with van der Waals surface area (Å²) in [4.78, 5) is 3.73. The lowest BCUT2D eigenvalue weighted by Crippen LogP contribution is -2.22. The van der Waals surface area contributed by atoms with E-state index in [2.05, 4.69) is 4.98 Å². The number of aromatic nitrogens is 2. The van der Waals surface area contributed by atoms with Gasteiger partial charge in [0.05, 0.1) is 17.1 Å². The van der Waals surface area contributed by atoms with Crippen molar-refractivity contribution >= 4 is 16.7 Å². The van der Waals surface area contributed by atoms with Crippen LogP contribution in [0.2, 0.25) is 0 Å². The van der Waals surface area contributed by atoms with Gasteiger partial charge >= 0.3 is 6.18 Å². The lowest BCUT2D eigenvalue weighted by Gasteiger charge is -2.18. The number of rotatable bonds is 2. The molecule has 7 heteroatoms. The maximum atomic E-state index is 13.2. The van der Waals surface area contributed by atoms with Crippen molar-refractivity contribution in [1.29, 1.82) is 0 Å². The monoisotopic (exact) mass is 299 g/mol. The molecule has 3 rings (SSSR count). The molecule has 0 aliphatic carbocycles. The average molecular weight is 299 g/mol. The fraction of sp³-hybridized carbons (Fsp3) is 0.500. The minimum Gasteiger partial charge on any atom is -0.399 e. The zero-order valence-electron chi connectivity index (χ0n) is 11.5. The van der Waals surface area contributed by atoms with Crippen molar-refractivity contribution in [2.24, 2.45) is 5.92 Å². The van der Waals surface area contributed by atoms with Crippen LogP contribution in [0.4, 0.5) is 18.9 Å². The van der Waals surface area contributed by atoms with Crippen LogP contribution < -0.4 is 5.73 Å². The number of imidazole rings is 1. The van der Waals surface area contributed by atoms with Gasteiger partial charge in [0.25, 0.3) is 0 Å². The highest BCUT2D eigenvalue weighted by Crippen LogP contribution is 2.34. The summed E-state index contributed by atoms with van der Waals surface area (Å²) < 4.78 is 46.3. The van der Waals surface area contributed by atoms with Gasteiger partial charge in [0.1, 0.15) is 0 Å². The van der Waals surface area contributed by atoms with Crippen molar-refractivity contribution in [3.63, 3.8) is 0 Å². The maximum Gasteiger partial charge on any atom is 0.449 e. The Kier molecular flexibility index (Phi) is 3.32. The first-order valence-corrected chi connectivity index (χ1v) is 6.81. The normalized spacial score (nSPS) is 23.0. The molecule has 2 N–H and O–H groups in total. The van der Waals surface area contributed by atoms with E-state index in [9.17, 15) is 13.2 Å². The van der Waals surface area contributed by atoms with Crippen LogP contribution in [0.3, 0.4) is 0 Å². The van der Waals surface area contributed by atoms with Crippen LogP contribution in [0.5, 0.6) is 0 Å². The van der Waals surface area contributed by atoms with Gasteiger partial charge in [-0.2, -0.15) is 13.2 Å². The van der Waals surface area contributed by atoms with Crippen LogP contribution in [-0.2, 0) is 17.5 Å². The van der Waals surface area contributed by atoms with E-state index in [1.54, 1.807) is 12.1 Å². The van der Waals surface area contributed by atoms with Crippen LogP contribution >= 0.6 is 0 Å². The molecule has 2 aromatic rings. The number of nitrogen functional groups attached to an aromatic ring is 1. The molecular formula is C14H16F3N3O. The largest absolute Gasteiger partial charge is 0.449 e. The Morgan fingerprint density at radius 2 is 2.19 bits per heavy atom. The molecule has 1 aromatic heterocycles. The maximum absolute atomic E-state index is 13.2. The number of nitrogens with two attached hydrogens (primary N) is 1. The van der Waals surface area contributed by atoms with Gasteiger partial charge in [-0.25, -0.2) is 4.98 Å². The standard InChI is InChI=1S/C14H16F3N3O/c1-8-9(4-5-21-8)7-20-12-3-2-10(18)6-11(12)19-13(20)14(15,16)17/h2-3,6,8-9H,4-5,7,18H2,1H3. The van der Waals surface area contributed by atoms with Crippen LogP contribution in [0.1, 0.15) is 19.2 Å². The highest BCUT2D eigenvalue weighted by Gasteiger charge is 2.38. The van der Waals surface area contributed by atoms with Gasteiger partial charge in [-0.05, 0) is 31.5 Å². The van der Waals surface area contributed by atoms with Crippen molar-refractivity contribution in [2.75, 3.05) is 12.3 Å². The summed E-state index contributed by atoms with van der Waals surface area (Å²) in [7, 11) is 0. The van der Waals surface area contributed by atoms with Crippen LogP contribution in [0.25, 0.3) is 11.0 Å². The number of benzene rings is 1. The molecule has 0 saturated carbocycles. The molecule has 2 heterocycles. The number of fused-ring (bicyclic) bond motifs is 1. The summed E-state index contributed by atoms with van der Waals surface area (Å²) in [5, 5.41) is 0. The number of anilines is 1. The minimum atomic E-state index is -4.49. The molecule has 0 radical (unpaired) electrons. The fourth-order valence-corrected chi connectivity index (χ4v) is 2.80. The first kappa shape index (κ1) is 14.2. The lowest BCUT2D eigenvalue weighted by atomic mass is 10.0. The van der Waals surface area contributed by atoms with E-state index in [4.69, 9.17) is 10.5 Å². The van der Waals surface area contributed by atoms with Gasteiger partial charge in [-0.15, -0.1) is 0 Å². The Balaban J connectivity index is 2.09. The van der Waals surface area contributed by atoms with Gasteiger partial charge in [0, 0.05) is 24.8 Å². The number of ether oxygens (including phenoxy) is 1. The number of hydrogen-bond donors (Lipinski definition) is 1. The topological polar surface area (TPSA) is 53.1 Å². The van der Waals surface area contributed by atoms with Crippen molar-refractivity contribution in [3.05, 3.63) is 24.0 Å². The molecule has 114 valence electrons. The molecule has 2 atom stereocenters. The molecule has 1 fully saturated rings. The average Bonchev–Trinajstić information content (AvgIpc) is 2.94. The van der Waals surface area contributed by atoms with E-state index < -0.39 is 12.0 Å². The predicted molar refractivity (Wildman–Crippen MR) is 72.7 cm³/mol. The third-order valence-corrected chi connectivity index (χ3v) is 3.98. The Hall–Kier alpha value is -1.76. The summed E-state index contributed by atoms with van der Waals surface area (Å²) in [5.41, 5.74) is 6.76. The summed E-state index contributed by atoms with van der Waals surface area (Å²) >= 11 is 0. The Bertz CT molecular complexity index is 665. The zero-order valence-corrected chi connectivity index (χ0v) is 11.5. The van der Waals surface area contributed by atoms with Crippen LogP contribution in [-0.4, -0.2) is 22.3 Å². The van der Waals surface area contributed by atoms with Crippen molar-refractivity contribution in [1.82, 2.24) is 9.55 Å². The van der Waals surface area contributed by atoms with E-state index in [-0.39, 0.29) is 24.1 Å².